The second kappa shape index (κ2) is 4.23. The van der Waals surface area contributed by atoms with E-state index in [9.17, 15) is 4.79 Å². The monoisotopic (exact) mass is 226 g/mol. The van der Waals surface area contributed by atoms with E-state index >= 15 is 0 Å². The van der Waals surface area contributed by atoms with Crippen LogP contribution >= 0.6 is 11.6 Å². The summed E-state index contributed by atoms with van der Waals surface area (Å²) in [6.45, 7) is 7.32. The Morgan fingerprint density at radius 1 is 1.33 bits per heavy atom. The van der Waals surface area contributed by atoms with Gasteiger partial charge >= 0.3 is 5.97 Å². The van der Waals surface area contributed by atoms with E-state index in [1.807, 2.05) is 27.7 Å². The first-order valence-electron chi connectivity index (χ1n) is 4.80. The van der Waals surface area contributed by atoms with Crippen LogP contribution in [0.1, 0.15) is 36.7 Å². The highest BCUT2D eigenvalue weighted by Crippen LogP contribution is 2.21. The number of ether oxygens (including phenoxy) is 1. The van der Waals surface area contributed by atoms with E-state index in [-0.39, 0.29) is 5.97 Å². The van der Waals surface area contributed by atoms with Gasteiger partial charge in [0.15, 0.2) is 0 Å². The number of hydrogen-bond donors (Lipinski definition) is 0. The second-order valence-electron chi connectivity index (χ2n) is 4.41. The first-order valence-corrected chi connectivity index (χ1v) is 5.17. The molecule has 0 spiro atoms. The van der Waals surface area contributed by atoms with Gasteiger partial charge in [0.05, 0.1) is 5.56 Å². The summed E-state index contributed by atoms with van der Waals surface area (Å²) in [6, 6.07) is 5.22. The van der Waals surface area contributed by atoms with Crippen LogP contribution in [0.5, 0.6) is 0 Å². The molecule has 1 rings (SSSR count). The molecule has 0 aliphatic carbocycles. The number of rotatable bonds is 1. The molecule has 0 bridgehead atoms. The van der Waals surface area contributed by atoms with E-state index < -0.39 is 5.60 Å². The molecule has 0 amide bonds. The van der Waals surface area contributed by atoms with Crippen LogP contribution in [0.15, 0.2) is 18.2 Å². The van der Waals surface area contributed by atoms with Crippen molar-refractivity contribution in [3.63, 3.8) is 0 Å². The highest BCUT2D eigenvalue weighted by Gasteiger charge is 2.19. The van der Waals surface area contributed by atoms with Gasteiger partial charge in [-0.05, 0) is 45.4 Å². The van der Waals surface area contributed by atoms with Crippen LogP contribution in [0.2, 0.25) is 5.02 Å². The Labute approximate surface area is 95.2 Å². The van der Waals surface area contributed by atoms with Crippen molar-refractivity contribution in [2.45, 2.75) is 33.3 Å². The maximum absolute atomic E-state index is 11.8. The van der Waals surface area contributed by atoms with Crippen molar-refractivity contribution >= 4 is 17.6 Å². The largest absolute Gasteiger partial charge is 0.456 e. The third-order valence-corrected chi connectivity index (χ3v) is 2.30. The van der Waals surface area contributed by atoms with Gasteiger partial charge in [0.2, 0.25) is 0 Å². The van der Waals surface area contributed by atoms with Gasteiger partial charge in [0.1, 0.15) is 5.60 Å². The molecular weight excluding hydrogens is 212 g/mol. The fraction of sp³-hybridized carbons (Fsp3) is 0.417. The van der Waals surface area contributed by atoms with Crippen molar-refractivity contribution in [1.82, 2.24) is 0 Å². The third-order valence-electron chi connectivity index (χ3n) is 1.89. The van der Waals surface area contributed by atoms with Crippen LogP contribution in [0.4, 0.5) is 0 Å². The number of benzene rings is 1. The van der Waals surface area contributed by atoms with Crippen molar-refractivity contribution in [2.75, 3.05) is 0 Å². The average Bonchev–Trinajstić information content (AvgIpc) is 2.06. The first kappa shape index (κ1) is 12.1. The minimum Gasteiger partial charge on any atom is -0.456 e. The van der Waals surface area contributed by atoms with Gasteiger partial charge in [-0.2, -0.15) is 0 Å². The predicted molar refractivity (Wildman–Crippen MR) is 61.4 cm³/mol. The Morgan fingerprint density at radius 2 is 1.93 bits per heavy atom. The number of hydrogen-bond acceptors (Lipinski definition) is 2. The molecule has 3 heteroatoms. The smallest absolute Gasteiger partial charge is 0.338 e. The Kier molecular flexibility index (Phi) is 3.40. The Hall–Kier alpha value is -1.02. The highest BCUT2D eigenvalue weighted by atomic mass is 35.5. The average molecular weight is 227 g/mol. The van der Waals surface area contributed by atoms with Crippen LogP contribution in [0.3, 0.4) is 0 Å². The summed E-state index contributed by atoms with van der Waals surface area (Å²) >= 11 is 5.92. The molecule has 15 heavy (non-hydrogen) atoms. The molecule has 0 saturated heterocycles. The lowest BCUT2D eigenvalue weighted by Gasteiger charge is -2.20. The standard InChI is InChI=1S/C12H15ClO2/c1-8-9(6-5-7-10(8)13)11(14)15-12(2,3)4/h5-7H,1-4H3. The molecule has 0 N–H and O–H groups in total. The second-order valence-corrected chi connectivity index (χ2v) is 4.82. The summed E-state index contributed by atoms with van der Waals surface area (Å²) < 4.78 is 5.26. The van der Waals surface area contributed by atoms with Crippen molar-refractivity contribution in [1.29, 1.82) is 0 Å². The van der Waals surface area contributed by atoms with E-state index in [1.54, 1.807) is 18.2 Å². The maximum atomic E-state index is 11.8. The summed E-state index contributed by atoms with van der Waals surface area (Å²) in [7, 11) is 0. The van der Waals surface area contributed by atoms with E-state index in [0.29, 0.717) is 10.6 Å². The zero-order valence-corrected chi connectivity index (χ0v) is 10.2. The topological polar surface area (TPSA) is 26.3 Å². The molecule has 0 unspecified atom stereocenters. The maximum Gasteiger partial charge on any atom is 0.338 e. The molecule has 82 valence electrons. The SMILES string of the molecule is Cc1c(Cl)cccc1C(=O)OC(C)(C)C. The number of carbonyl (C=O) groups excluding carboxylic acids is 1. The van der Waals surface area contributed by atoms with Gasteiger partial charge < -0.3 is 4.74 Å². The summed E-state index contributed by atoms with van der Waals surface area (Å²) in [4.78, 5) is 11.8. The number of carbonyl (C=O) groups is 1. The highest BCUT2D eigenvalue weighted by molar-refractivity contribution is 6.31. The molecule has 0 aliphatic rings. The van der Waals surface area contributed by atoms with Crippen LogP contribution in [-0.4, -0.2) is 11.6 Å². The van der Waals surface area contributed by atoms with Crippen molar-refractivity contribution < 1.29 is 9.53 Å². The van der Waals surface area contributed by atoms with Crippen molar-refractivity contribution in [2.24, 2.45) is 0 Å². The number of halogens is 1. The van der Waals surface area contributed by atoms with Crippen LogP contribution in [0, 0.1) is 6.92 Å². The van der Waals surface area contributed by atoms with E-state index in [4.69, 9.17) is 16.3 Å². The summed E-state index contributed by atoms with van der Waals surface area (Å²) in [5, 5.41) is 0.582. The van der Waals surface area contributed by atoms with E-state index in [0.717, 1.165) is 5.56 Å². The van der Waals surface area contributed by atoms with Crippen molar-refractivity contribution in [3.8, 4) is 0 Å². The van der Waals surface area contributed by atoms with Crippen molar-refractivity contribution in [3.05, 3.63) is 34.3 Å². The van der Waals surface area contributed by atoms with Gasteiger partial charge in [-0.25, -0.2) is 4.79 Å². The molecule has 2 nitrogen and oxygen atoms in total. The molecule has 0 radical (unpaired) electrons. The molecule has 1 aromatic rings. The molecule has 0 aliphatic heterocycles. The zero-order chi connectivity index (χ0) is 11.6. The van der Waals surface area contributed by atoms with Gasteiger partial charge in [-0.3, -0.25) is 0 Å². The first-order chi connectivity index (χ1) is 6.81. The Morgan fingerprint density at radius 3 is 2.47 bits per heavy atom. The van der Waals surface area contributed by atoms with Gasteiger partial charge in [-0.1, -0.05) is 17.7 Å². The Balaban J connectivity index is 2.97. The van der Waals surface area contributed by atoms with Gasteiger partial charge in [0, 0.05) is 5.02 Å². The van der Waals surface area contributed by atoms with Crippen LogP contribution in [-0.2, 0) is 4.74 Å². The van der Waals surface area contributed by atoms with Crippen LogP contribution in [0.25, 0.3) is 0 Å². The summed E-state index contributed by atoms with van der Waals surface area (Å²) in [6.07, 6.45) is 0. The number of esters is 1. The quantitative estimate of drug-likeness (QED) is 0.684. The fourth-order valence-corrected chi connectivity index (χ4v) is 1.34. The molecule has 0 heterocycles. The normalized spacial score (nSPS) is 11.3. The molecule has 0 atom stereocenters. The summed E-state index contributed by atoms with van der Waals surface area (Å²) in [5.41, 5.74) is 0.803. The van der Waals surface area contributed by atoms with E-state index in [1.165, 1.54) is 0 Å². The Bertz CT molecular complexity index is 378. The summed E-state index contributed by atoms with van der Waals surface area (Å²) in [5.74, 6) is -0.331. The molecule has 0 saturated carbocycles. The molecular formula is C12H15ClO2. The molecule has 0 fully saturated rings. The molecule has 0 aromatic heterocycles. The zero-order valence-electron chi connectivity index (χ0n) is 9.43. The lowest BCUT2D eigenvalue weighted by atomic mass is 10.1. The van der Waals surface area contributed by atoms with Crippen LogP contribution < -0.4 is 0 Å². The predicted octanol–water partition coefficient (Wildman–Crippen LogP) is 3.60. The minimum atomic E-state index is -0.480. The lowest BCUT2D eigenvalue weighted by molar-refractivity contribution is 0.00688. The fourth-order valence-electron chi connectivity index (χ4n) is 1.16. The molecule has 1 aromatic carbocycles. The lowest BCUT2D eigenvalue weighted by Crippen LogP contribution is -2.24. The van der Waals surface area contributed by atoms with Gasteiger partial charge in [-0.15, -0.1) is 0 Å². The third kappa shape index (κ3) is 3.24. The minimum absolute atomic E-state index is 0.331. The van der Waals surface area contributed by atoms with E-state index in [2.05, 4.69) is 0 Å². The van der Waals surface area contributed by atoms with Gasteiger partial charge in [0.25, 0.3) is 0 Å².